The maximum atomic E-state index is 6.00. The summed E-state index contributed by atoms with van der Waals surface area (Å²) in [6, 6.07) is 4.90. The number of hydrogen-bond donors (Lipinski definition) is 1. The quantitative estimate of drug-likeness (QED) is 0.816. The molecule has 0 fully saturated rings. The van der Waals surface area contributed by atoms with E-state index >= 15 is 0 Å². The molecule has 1 aliphatic rings. The standard InChI is InChI=1S/C14H19N3/c1-9(2)17-13-8-11-6-4-3-5-10(11)7-12(13)16-14(17)15/h7-9H,3-6H2,1-2H3,(H2,15,16). The fourth-order valence-electron chi connectivity index (χ4n) is 2.89. The molecule has 1 aliphatic carbocycles. The van der Waals surface area contributed by atoms with Crippen molar-refractivity contribution in [3.8, 4) is 0 Å². The van der Waals surface area contributed by atoms with Crippen LogP contribution in [0.25, 0.3) is 11.0 Å². The maximum absolute atomic E-state index is 6.00. The van der Waals surface area contributed by atoms with Crippen LogP contribution in [0.2, 0.25) is 0 Å². The fraction of sp³-hybridized carbons (Fsp3) is 0.500. The van der Waals surface area contributed by atoms with Crippen molar-refractivity contribution in [2.75, 3.05) is 5.73 Å². The van der Waals surface area contributed by atoms with Gasteiger partial charge in [0.15, 0.2) is 0 Å². The Balaban J connectivity index is 2.27. The summed E-state index contributed by atoms with van der Waals surface area (Å²) in [5.74, 6) is 0.636. The molecule has 0 saturated heterocycles. The number of rotatable bonds is 1. The van der Waals surface area contributed by atoms with Gasteiger partial charge in [0.05, 0.1) is 11.0 Å². The van der Waals surface area contributed by atoms with Crippen LogP contribution in [0.1, 0.15) is 43.9 Å². The lowest BCUT2D eigenvalue weighted by Crippen LogP contribution is -2.06. The highest BCUT2D eigenvalue weighted by Crippen LogP contribution is 2.29. The SMILES string of the molecule is CC(C)n1c(N)nc2cc3c(cc21)CCCC3. The van der Waals surface area contributed by atoms with Gasteiger partial charge in [-0.15, -0.1) is 0 Å². The van der Waals surface area contributed by atoms with Crippen LogP contribution < -0.4 is 5.73 Å². The molecule has 3 nitrogen and oxygen atoms in total. The summed E-state index contributed by atoms with van der Waals surface area (Å²) < 4.78 is 2.13. The molecule has 0 spiro atoms. The zero-order chi connectivity index (χ0) is 12.0. The molecule has 2 N–H and O–H groups in total. The number of hydrogen-bond acceptors (Lipinski definition) is 2. The Labute approximate surface area is 102 Å². The number of nitrogens with two attached hydrogens (primary N) is 1. The molecule has 0 radical (unpaired) electrons. The van der Waals surface area contributed by atoms with Gasteiger partial charge in [0, 0.05) is 6.04 Å². The molecule has 2 aromatic rings. The van der Waals surface area contributed by atoms with E-state index in [-0.39, 0.29) is 0 Å². The van der Waals surface area contributed by atoms with Gasteiger partial charge in [0.2, 0.25) is 5.95 Å². The summed E-state index contributed by atoms with van der Waals surface area (Å²) >= 11 is 0. The molecule has 0 aliphatic heterocycles. The molecule has 1 heterocycles. The van der Waals surface area contributed by atoms with Gasteiger partial charge in [-0.1, -0.05) is 0 Å². The van der Waals surface area contributed by atoms with Crippen molar-refractivity contribution in [3.63, 3.8) is 0 Å². The van der Waals surface area contributed by atoms with E-state index < -0.39 is 0 Å². The van der Waals surface area contributed by atoms with E-state index in [4.69, 9.17) is 5.73 Å². The fourth-order valence-corrected chi connectivity index (χ4v) is 2.89. The number of benzene rings is 1. The van der Waals surface area contributed by atoms with E-state index in [2.05, 4.69) is 35.5 Å². The van der Waals surface area contributed by atoms with Crippen molar-refractivity contribution in [1.82, 2.24) is 9.55 Å². The summed E-state index contributed by atoms with van der Waals surface area (Å²) in [6.45, 7) is 4.30. The molecular weight excluding hydrogens is 210 g/mol. The summed E-state index contributed by atoms with van der Waals surface area (Å²) in [5.41, 5.74) is 11.2. The summed E-state index contributed by atoms with van der Waals surface area (Å²) in [7, 11) is 0. The topological polar surface area (TPSA) is 43.8 Å². The number of anilines is 1. The van der Waals surface area contributed by atoms with Crippen molar-refractivity contribution in [3.05, 3.63) is 23.3 Å². The summed E-state index contributed by atoms with van der Waals surface area (Å²) in [6.07, 6.45) is 5.01. The Morgan fingerprint density at radius 2 is 1.82 bits per heavy atom. The second kappa shape index (κ2) is 3.76. The first kappa shape index (κ1) is 10.6. The van der Waals surface area contributed by atoms with Crippen LogP contribution in [-0.4, -0.2) is 9.55 Å². The van der Waals surface area contributed by atoms with Crippen molar-refractivity contribution >= 4 is 17.0 Å². The number of imidazole rings is 1. The monoisotopic (exact) mass is 229 g/mol. The first-order chi connectivity index (χ1) is 8.16. The van der Waals surface area contributed by atoms with E-state index in [0.29, 0.717) is 12.0 Å². The number of nitrogen functional groups attached to an aromatic ring is 1. The molecule has 0 saturated carbocycles. The average molecular weight is 229 g/mol. The van der Waals surface area contributed by atoms with Gasteiger partial charge >= 0.3 is 0 Å². The van der Waals surface area contributed by atoms with Gasteiger partial charge in [-0.25, -0.2) is 4.98 Å². The minimum absolute atomic E-state index is 0.363. The molecule has 90 valence electrons. The second-order valence-electron chi connectivity index (χ2n) is 5.25. The highest BCUT2D eigenvalue weighted by Gasteiger charge is 2.16. The Hall–Kier alpha value is -1.51. The van der Waals surface area contributed by atoms with Crippen LogP contribution in [0.5, 0.6) is 0 Å². The Kier molecular flexibility index (Phi) is 2.35. The molecule has 1 aromatic carbocycles. The van der Waals surface area contributed by atoms with Crippen LogP contribution in [0, 0.1) is 0 Å². The van der Waals surface area contributed by atoms with E-state index in [0.717, 1.165) is 5.52 Å². The number of fused-ring (bicyclic) bond motifs is 2. The molecule has 0 unspecified atom stereocenters. The van der Waals surface area contributed by atoms with Crippen LogP contribution in [-0.2, 0) is 12.8 Å². The van der Waals surface area contributed by atoms with Gasteiger partial charge in [-0.05, 0) is 62.8 Å². The van der Waals surface area contributed by atoms with Crippen molar-refractivity contribution < 1.29 is 0 Å². The van der Waals surface area contributed by atoms with Gasteiger partial charge < -0.3 is 10.3 Å². The van der Waals surface area contributed by atoms with Gasteiger partial charge in [0.1, 0.15) is 0 Å². The van der Waals surface area contributed by atoms with Crippen LogP contribution in [0.4, 0.5) is 5.95 Å². The normalized spacial score (nSPS) is 15.5. The summed E-state index contributed by atoms with van der Waals surface area (Å²) in [4.78, 5) is 4.48. The predicted molar refractivity (Wildman–Crippen MR) is 71.2 cm³/mol. The Morgan fingerprint density at radius 3 is 2.47 bits per heavy atom. The summed E-state index contributed by atoms with van der Waals surface area (Å²) in [5, 5.41) is 0. The minimum Gasteiger partial charge on any atom is -0.369 e. The third-order valence-electron chi connectivity index (χ3n) is 3.70. The highest BCUT2D eigenvalue weighted by molar-refractivity contribution is 5.80. The van der Waals surface area contributed by atoms with Gasteiger partial charge in [0.25, 0.3) is 0 Å². The molecule has 0 atom stereocenters. The molecule has 0 bridgehead atoms. The van der Waals surface area contributed by atoms with Gasteiger partial charge in [-0.3, -0.25) is 0 Å². The zero-order valence-electron chi connectivity index (χ0n) is 10.5. The van der Waals surface area contributed by atoms with E-state index in [1.165, 1.54) is 42.3 Å². The zero-order valence-corrected chi connectivity index (χ0v) is 10.5. The first-order valence-electron chi connectivity index (χ1n) is 6.46. The van der Waals surface area contributed by atoms with E-state index in [1.54, 1.807) is 0 Å². The maximum Gasteiger partial charge on any atom is 0.201 e. The lowest BCUT2D eigenvalue weighted by Gasteiger charge is -2.16. The van der Waals surface area contributed by atoms with Crippen LogP contribution in [0.3, 0.4) is 0 Å². The molecule has 1 aromatic heterocycles. The molecule has 17 heavy (non-hydrogen) atoms. The van der Waals surface area contributed by atoms with E-state index in [9.17, 15) is 0 Å². The lowest BCUT2D eigenvalue weighted by molar-refractivity contribution is 0.626. The molecular formula is C14H19N3. The number of aromatic nitrogens is 2. The Morgan fingerprint density at radius 1 is 1.18 bits per heavy atom. The lowest BCUT2D eigenvalue weighted by atomic mass is 9.91. The van der Waals surface area contributed by atoms with Crippen molar-refractivity contribution in [2.45, 2.75) is 45.6 Å². The van der Waals surface area contributed by atoms with Crippen molar-refractivity contribution in [2.24, 2.45) is 0 Å². The molecule has 0 amide bonds. The Bertz CT molecular complexity index is 566. The average Bonchev–Trinajstić information content (AvgIpc) is 2.60. The second-order valence-corrected chi connectivity index (χ2v) is 5.25. The third kappa shape index (κ3) is 1.61. The highest BCUT2D eigenvalue weighted by atomic mass is 15.2. The first-order valence-corrected chi connectivity index (χ1v) is 6.46. The third-order valence-corrected chi connectivity index (χ3v) is 3.70. The predicted octanol–water partition coefficient (Wildman–Crippen LogP) is 3.08. The molecule has 3 heteroatoms. The smallest absolute Gasteiger partial charge is 0.201 e. The van der Waals surface area contributed by atoms with Crippen LogP contribution in [0.15, 0.2) is 12.1 Å². The van der Waals surface area contributed by atoms with E-state index in [1.807, 2.05) is 0 Å². The van der Waals surface area contributed by atoms with Crippen LogP contribution >= 0.6 is 0 Å². The van der Waals surface area contributed by atoms with Crippen molar-refractivity contribution in [1.29, 1.82) is 0 Å². The molecule has 3 rings (SSSR count). The number of nitrogens with zero attached hydrogens (tertiary/aromatic N) is 2. The number of aryl methyl sites for hydroxylation is 2. The largest absolute Gasteiger partial charge is 0.369 e. The van der Waals surface area contributed by atoms with Gasteiger partial charge in [-0.2, -0.15) is 0 Å². The minimum atomic E-state index is 0.363.